The lowest BCUT2D eigenvalue weighted by Crippen LogP contribution is -2.50. The van der Waals surface area contributed by atoms with E-state index in [0.29, 0.717) is 32.7 Å². The number of anilines is 1. The standard InChI is InChI=1S/C19H23N3O2S2/c1-14-6-7-17(26-14)19(24)22-10-8-21(9-11-22)13-18(23)20-15-4-3-5-16(12-15)25-2/h3-7,12H,8-11,13H2,1-2H3,(H,20,23). The fourth-order valence-electron chi connectivity index (χ4n) is 2.92. The summed E-state index contributed by atoms with van der Waals surface area (Å²) in [7, 11) is 0. The van der Waals surface area contributed by atoms with E-state index >= 15 is 0 Å². The van der Waals surface area contributed by atoms with Crippen molar-refractivity contribution in [1.29, 1.82) is 0 Å². The van der Waals surface area contributed by atoms with Crippen molar-refractivity contribution in [3.63, 3.8) is 0 Å². The normalized spacial score (nSPS) is 15.1. The van der Waals surface area contributed by atoms with Crippen molar-refractivity contribution >= 4 is 40.6 Å². The SMILES string of the molecule is CSc1cccc(NC(=O)CN2CCN(C(=O)c3ccc(C)s3)CC2)c1. The molecule has 0 spiro atoms. The van der Waals surface area contributed by atoms with E-state index in [2.05, 4.69) is 10.2 Å². The summed E-state index contributed by atoms with van der Waals surface area (Å²) in [5.74, 6) is 0.0815. The van der Waals surface area contributed by atoms with E-state index in [1.165, 1.54) is 11.3 Å². The lowest BCUT2D eigenvalue weighted by Gasteiger charge is -2.34. The summed E-state index contributed by atoms with van der Waals surface area (Å²) in [6.45, 7) is 5.11. The third kappa shape index (κ3) is 4.87. The molecular formula is C19H23N3O2S2. The molecule has 1 fully saturated rings. The smallest absolute Gasteiger partial charge is 0.264 e. The van der Waals surface area contributed by atoms with Crippen LogP contribution < -0.4 is 5.32 Å². The number of hydrogen-bond donors (Lipinski definition) is 1. The molecule has 2 amide bonds. The van der Waals surface area contributed by atoms with Gasteiger partial charge >= 0.3 is 0 Å². The van der Waals surface area contributed by atoms with E-state index in [4.69, 9.17) is 0 Å². The highest BCUT2D eigenvalue weighted by Gasteiger charge is 2.24. The Balaban J connectivity index is 1.47. The van der Waals surface area contributed by atoms with Gasteiger partial charge < -0.3 is 10.2 Å². The van der Waals surface area contributed by atoms with Crippen molar-refractivity contribution in [3.05, 3.63) is 46.2 Å². The first kappa shape index (κ1) is 18.9. The average Bonchev–Trinajstić information content (AvgIpc) is 3.08. The Hall–Kier alpha value is -1.83. The van der Waals surface area contributed by atoms with Gasteiger partial charge in [-0.1, -0.05) is 6.07 Å². The highest BCUT2D eigenvalue weighted by Crippen LogP contribution is 2.20. The number of thioether (sulfide) groups is 1. The summed E-state index contributed by atoms with van der Waals surface area (Å²) >= 11 is 3.18. The second kappa shape index (κ2) is 8.70. The minimum atomic E-state index is -0.0167. The number of thiophene rings is 1. The molecule has 3 rings (SSSR count). The monoisotopic (exact) mass is 389 g/mol. The lowest BCUT2D eigenvalue weighted by atomic mass is 10.2. The summed E-state index contributed by atoms with van der Waals surface area (Å²) in [5.41, 5.74) is 0.823. The largest absolute Gasteiger partial charge is 0.335 e. The molecule has 0 bridgehead atoms. The molecule has 0 atom stereocenters. The Morgan fingerprint density at radius 3 is 2.58 bits per heavy atom. The number of piperazine rings is 1. The van der Waals surface area contributed by atoms with E-state index < -0.39 is 0 Å². The van der Waals surface area contributed by atoms with Gasteiger partial charge in [0, 0.05) is 41.6 Å². The number of rotatable bonds is 5. The molecule has 138 valence electrons. The van der Waals surface area contributed by atoms with Crippen molar-refractivity contribution in [2.45, 2.75) is 11.8 Å². The van der Waals surface area contributed by atoms with Crippen LogP contribution in [-0.4, -0.2) is 60.6 Å². The summed E-state index contributed by atoms with van der Waals surface area (Å²) in [6, 6.07) is 11.7. The molecule has 1 N–H and O–H groups in total. The van der Waals surface area contributed by atoms with Gasteiger partial charge in [0.1, 0.15) is 0 Å². The number of aryl methyl sites for hydroxylation is 1. The maximum absolute atomic E-state index is 12.5. The molecular weight excluding hydrogens is 366 g/mol. The summed E-state index contributed by atoms with van der Waals surface area (Å²) in [4.78, 5) is 31.8. The van der Waals surface area contributed by atoms with Crippen LogP contribution >= 0.6 is 23.1 Å². The first-order valence-electron chi connectivity index (χ1n) is 8.57. The Bertz CT molecular complexity index is 783. The van der Waals surface area contributed by atoms with Crippen molar-refractivity contribution in [1.82, 2.24) is 9.80 Å². The molecule has 1 aromatic carbocycles. The minimum absolute atomic E-state index is 0.0167. The van der Waals surface area contributed by atoms with E-state index in [1.54, 1.807) is 11.8 Å². The zero-order chi connectivity index (χ0) is 18.5. The molecule has 0 saturated carbocycles. The van der Waals surface area contributed by atoms with Crippen LogP contribution in [-0.2, 0) is 4.79 Å². The van der Waals surface area contributed by atoms with E-state index in [-0.39, 0.29) is 11.8 Å². The molecule has 1 aromatic heterocycles. The number of amides is 2. The predicted molar refractivity (Wildman–Crippen MR) is 108 cm³/mol. The highest BCUT2D eigenvalue weighted by atomic mass is 32.2. The van der Waals surface area contributed by atoms with Gasteiger partial charge in [-0.2, -0.15) is 0 Å². The molecule has 1 aliphatic heterocycles. The molecule has 1 saturated heterocycles. The molecule has 0 radical (unpaired) electrons. The Morgan fingerprint density at radius 2 is 1.92 bits per heavy atom. The highest BCUT2D eigenvalue weighted by molar-refractivity contribution is 7.98. The van der Waals surface area contributed by atoms with Crippen LogP contribution in [0.4, 0.5) is 5.69 Å². The number of nitrogens with zero attached hydrogens (tertiary/aromatic N) is 2. The maximum atomic E-state index is 12.5. The van der Waals surface area contributed by atoms with Gasteiger partial charge in [0.2, 0.25) is 5.91 Å². The average molecular weight is 390 g/mol. The molecule has 26 heavy (non-hydrogen) atoms. The van der Waals surface area contributed by atoms with Crippen LogP contribution in [0.15, 0.2) is 41.3 Å². The number of carbonyl (C=O) groups is 2. The Morgan fingerprint density at radius 1 is 1.15 bits per heavy atom. The third-order valence-electron chi connectivity index (χ3n) is 4.33. The van der Waals surface area contributed by atoms with Crippen LogP contribution in [0.25, 0.3) is 0 Å². The summed E-state index contributed by atoms with van der Waals surface area (Å²) in [6.07, 6.45) is 2.01. The summed E-state index contributed by atoms with van der Waals surface area (Å²) < 4.78 is 0. The molecule has 5 nitrogen and oxygen atoms in total. The first-order valence-corrected chi connectivity index (χ1v) is 10.6. The van der Waals surface area contributed by atoms with Gasteiger partial charge in [0.05, 0.1) is 11.4 Å². The zero-order valence-electron chi connectivity index (χ0n) is 15.0. The first-order chi connectivity index (χ1) is 12.5. The molecule has 0 aliphatic carbocycles. The predicted octanol–water partition coefficient (Wildman–Crippen LogP) is 3.17. The Labute approximate surface area is 162 Å². The van der Waals surface area contributed by atoms with Gasteiger partial charge in [-0.05, 0) is 43.5 Å². The number of hydrogen-bond acceptors (Lipinski definition) is 5. The molecule has 7 heteroatoms. The zero-order valence-corrected chi connectivity index (χ0v) is 16.7. The van der Waals surface area contributed by atoms with Crippen molar-refractivity contribution in [3.8, 4) is 0 Å². The van der Waals surface area contributed by atoms with E-state index in [0.717, 1.165) is 20.3 Å². The van der Waals surface area contributed by atoms with Gasteiger partial charge in [-0.15, -0.1) is 23.1 Å². The maximum Gasteiger partial charge on any atom is 0.264 e. The fraction of sp³-hybridized carbons (Fsp3) is 0.368. The van der Waals surface area contributed by atoms with Crippen LogP contribution in [0.2, 0.25) is 0 Å². The van der Waals surface area contributed by atoms with Crippen molar-refractivity contribution in [2.24, 2.45) is 0 Å². The van der Waals surface area contributed by atoms with Gasteiger partial charge in [0.15, 0.2) is 0 Å². The number of carbonyl (C=O) groups excluding carboxylic acids is 2. The quantitative estimate of drug-likeness (QED) is 0.798. The second-order valence-electron chi connectivity index (χ2n) is 6.26. The number of benzene rings is 1. The van der Waals surface area contributed by atoms with Gasteiger partial charge in [-0.3, -0.25) is 14.5 Å². The second-order valence-corrected chi connectivity index (χ2v) is 8.43. The van der Waals surface area contributed by atoms with Gasteiger partial charge in [-0.25, -0.2) is 0 Å². The fourth-order valence-corrected chi connectivity index (χ4v) is 4.21. The molecule has 2 heterocycles. The topological polar surface area (TPSA) is 52.7 Å². The third-order valence-corrected chi connectivity index (χ3v) is 6.05. The van der Waals surface area contributed by atoms with Crippen LogP contribution in [0.5, 0.6) is 0 Å². The van der Waals surface area contributed by atoms with Crippen LogP contribution in [0, 0.1) is 6.92 Å². The van der Waals surface area contributed by atoms with Crippen LogP contribution in [0.1, 0.15) is 14.5 Å². The van der Waals surface area contributed by atoms with Crippen molar-refractivity contribution in [2.75, 3.05) is 44.3 Å². The molecule has 1 aliphatic rings. The van der Waals surface area contributed by atoms with E-state index in [1.807, 2.05) is 54.5 Å². The molecule has 0 unspecified atom stereocenters. The summed E-state index contributed by atoms with van der Waals surface area (Å²) in [5, 5.41) is 2.95. The van der Waals surface area contributed by atoms with Crippen molar-refractivity contribution < 1.29 is 9.59 Å². The Kier molecular flexibility index (Phi) is 6.34. The van der Waals surface area contributed by atoms with Gasteiger partial charge in [0.25, 0.3) is 5.91 Å². The lowest BCUT2D eigenvalue weighted by molar-refractivity contribution is -0.117. The van der Waals surface area contributed by atoms with Crippen LogP contribution in [0.3, 0.4) is 0 Å². The van der Waals surface area contributed by atoms with E-state index in [9.17, 15) is 9.59 Å². The molecule has 2 aromatic rings. The minimum Gasteiger partial charge on any atom is -0.335 e. The number of nitrogens with one attached hydrogen (secondary N) is 1.